The van der Waals surface area contributed by atoms with Crippen LogP contribution in [-0.4, -0.2) is 42.3 Å². The highest BCUT2D eigenvalue weighted by atomic mass is 32.2. The lowest BCUT2D eigenvalue weighted by Gasteiger charge is -2.25. The van der Waals surface area contributed by atoms with Gasteiger partial charge in [-0.15, -0.1) is 0 Å². The average Bonchev–Trinajstić information content (AvgIpc) is 2.48. The summed E-state index contributed by atoms with van der Waals surface area (Å²) in [7, 11) is -3.13. The summed E-state index contributed by atoms with van der Waals surface area (Å²) in [4.78, 5) is 0. The van der Waals surface area contributed by atoms with Crippen LogP contribution in [0.2, 0.25) is 0 Å². The molecule has 2 unspecified atom stereocenters. The molecule has 1 aliphatic heterocycles. The summed E-state index contributed by atoms with van der Waals surface area (Å²) in [6, 6.07) is 0.00347. The zero-order valence-corrected chi connectivity index (χ0v) is 11.2. The fraction of sp³-hybridized carbons (Fsp3) is 1.00. The molecule has 2 atom stereocenters. The molecule has 1 aliphatic rings. The van der Waals surface area contributed by atoms with Crippen molar-refractivity contribution in [1.29, 1.82) is 0 Å². The Kier molecular flexibility index (Phi) is 4.76. The zero-order chi connectivity index (χ0) is 12.3. The van der Waals surface area contributed by atoms with Crippen LogP contribution in [0.3, 0.4) is 0 Å². The molecular weight excluding hydrogens is 226 g/mol. The van der Waals surface area contributed by atoms with Gasteiger partial charge in [-0.3, -0.25) is 0 Å². The van der Waals surface area contributed by atoms with Crippen LogP contribution in [0.15, 0.2) is 0 Å². The van der Waals surface area contributed by atoms with E-state index in [1.54, 1.807) is 11.2 Å². The Hall–Kier alpha value is -0.130. The van der Waals surface area contributed by atoms with E-state index >= 15 is 0 Å². The lowest BCUT2D eigenvalue weighted by Crippen LogP contribution is -2.39. The minimum absolute atomic E-state index is 0.00347. The molecule has 16 heavy (non-hydrogen) atoms. The van der Waals surface area contributed by atoms with Gasteiger partial charge in [0.05, 0.1) is 11.9 Å². The molecule has 0 saturated carbocycles. The summed E-state index contributed by atoms with van der Waals surface area (Å²) >= 11 is 0. The molecule has 1 rings (SSSR count). The number of hydrogen-bond donors (Lipinski definition) is 1. The third-order valence-electron chi connectivity index (χ3n) is 2.84. The lowest BCUT2D eigenvalue weighted by atomic mass is 10.1. The van der Waals surface area contributed by atoms with Crippen molar-refractivity contribution in [2.75, 3.05) is 12.3 Å². The van der Waals surface area contributed by atoms with Crippen molar-refractivity contribution in [3.05, 3.63) is 0 Å². The topological polar surface area (TPSA) is 57.6 Å². The molecule has 0 aromatic carbocycles. The Morgan fingerprint density at radius 2 is 2.00 bits per heavy atom. The van der Waals surface area contributed by atoms with Crippen LogP contribution in [0, 0.1) is 5.92 Å². The number of hydrogen-bond acceptors (Lipinski definition) is 3. The van der Waals surface area contributed by atoms with Gasteiger partial charge in [-0.25, -0.2) is 8.42 Å². The third kappa shape index (κ3) is 3.71. The van der Waals surface area contributed by atoms with Crippen LogP contribution in [0.25, 0.3) is 0 Å². The molecule has 0 aromatic rings. The molecule has 1 fully saturated rings. The second-order valence-electron chi connectivity index (χ2n) is 5.16. The molecule has 96 valence electrons. The molecule has 0 aromatic heterocycles. The standard InChI is InChI=1S/C11H23NO3S/c1-9(2)8-16(14,15)12-6-4-5-11(12)7-10(3)13/h9-11,13H,4-8H2,1-3H3. The molecule has 0 spiro atoms. The molecule has 0 aliphatic carbocycles. The van der Waals surface area contributed by atoms with Crippen molar-refractivity contribution in [3.8, 4) is 0 Å². The molecule has 0 bridgehead atoms. The van der Waals surface area contributed by atoms with E-state index in [2.05, 4.69) is 0 Å². The van der Waals surface area contributed by atoms with Gasteiger partial charge in [-0.1, -0.05) is 13.8 Å². The van der Waals surface area contributed by atoms with Gasteiger partial charge in [0.25, 0.3) is 0 Å². The first-order valence-corrected chi connectivity index (χ1v) is 7.61. The molecule has 1 saturated heterocycles. The number of aliphatic hydroxyl groups is 1. The van der Waals surface area contributed by atoms with Gasteiger partial charge < -0.3 is 5.11 Å². The van der Waals surface area contributed by atoms with Gasteiger partial charge in [-0.2, -0.15) is 4.31 Å². The van der Waals surface area contributed by atoms with E-state index in [1.807, 2.05) is 13.8 Å². The molecule has 0 amide bonds. The van der Waals surface area contributed by atoms with E-state index in [-0.39, 0.29) is 17.7 Å². The first kappa shape index (κ1) is 13.9. The SMILES string of the molecule is CC(C)CS(=O)(=O)N1CCCC1CC(C)O. The largest absolute Gasteiger partial charge is 0.393 e. The van der Waals surface area contributed by atoms with Crippen LogP contribution in [0.1, 0.15) is 40.0 Å². The molecule has 0 radical (unpaired) electrons. The van der Waals surface area contributed by atoms with E-state index in [9.17, 15) is 13.5 Å². The van der Waals surface area contributed by atoms with Crippen LogP contribution in [0.4, 0.5) is 0 Å². The lowest BCUT2D eigenvalue weighted by molar-refractivity contribution is 0.157. The van der Waals surface area contributed by atoms with Crippen LogP contribution >= 0.6 is 0 Å². The van der Waals surface area contributed by atoms with Crippen molar-refractivity contribution in [1.82, 2.24) is 4.31 Å². The van der Waals surface area contributed by atoms with Gasteiger partial charge >= 0.3 is 0 Å². The van der Waals surface area contributed by atoms with Crippen LogP contribution in [0.5, 0.6) is 0 Å². The number of nitrogens with zero attached hydrogens (tertiary/aromatic N) is 1. The molecule has 1 N–H and O–H groups in total. The summed E-state index contributed by atoms with van der Waals surface area (Å²) in [5.74, 6) is 0.362. The predicted molar refractivity (Wildman–Crippen MR) is 64.7 cm³/mol. The number of aliphatic hydroxyl groups excluding tert-OH is 1. The summed E-state index contributed by atoms with van der Waals surface area (Å²) in [6.07, 6.45) is 1.91. The predicted octanol–water partition coefficient (Wildman–Crippen LogP) is 1.21. The fourth-order valence-corrected chi connectivity index (χ4v) is 4.41. The Balaban J connectivity index is 2.70. The Labute approximate surface area is 98.7 Å². The Morgan fingerprint density at radius 3 is 2.50 bits per heavy atom. The van der Waals surface area contributed by atoms with E-state index in [0.717, 1.165) is 12.8 Å². The molecule has 1 heterocycles. The summed E-state index contributed by atoms with van der Waals surface area (Å²) in [5.41, 5.74) is 0. The van der Waals surface area contributed by atoms with Gasteiger partial charge in [-0.05, 0) is 32.1 Å². The third-order valence-corrected chi connectivity index (χ3v) is 5.12. The first-order chi connectivity index (χ1) is 7.33. The monoisotopic (exact) mass is 249 g/mol. The minimum atomic E-state index is -3.13. The molecule has 4 nitrogen and oxygen atoms in total. The van der Waals surface area contributed by atoms with Gasteiger partial charge in [0.2, 0.25) is 10.0 Å². The highest BCUT2D eigenvalue weighted by molar-refractivity contribution is 7.89. The number of sulfonamides is 1. The molecule has 5 heteroatoms. The van der Waals surface area contributed by atoms with Crippen molar-refractivity contribution in [2.24, 2.45) is 5.92 Å². The van der Waals surface area contributed by atoms with E-state index in [1.165, 1.54) is 0 Å². The Morgan fingerprint density at radius 1 is 1.38 bits per heavy atom. The minimum Gasteiger partial charge on any atom is -0.393 e. The van der Waals surface area contributed by atoms with Gasteiger partial charge in [0.15, 0.2) is 0 Å². The maximum atomic E-state index is 12.1. The fourth-order valence-electron chi connectivity index (χ4n) is 2.32. The number of rotatable bonds is 5. The normalized spacial score (nSPS) is 25.2. The second kappa shape index (κ2) is 5.47. The summed E-state index contributed by atoms with van der Waals surface area (Å²) in [6.45, 7) is 6.16. The summed E-state index contributed by atoms with van der Waals surface area (Å²) < 4.78 is 25.8. The highest BCUT2D eigenvalue weighted by Gasteiger charge is 2.34. The summed E-state index contributed by atoms with van der Waals surface area (Å²) in [5, 5.41) is 9.36. The van der Waals surface area contributed by atoms with Crippen molar-refractivity contribution >= 4 is 10.0 Å². The zero-order valence-electron chi connectivity index (χ0n) is 10.4. The smallest absolute Gasteiger partial charge is 0.214 e. The second-order valence-corrected chi connectivity index (χ2v) is 7.13. The van der Waals surface area contributed by atoms with E-state index < -0.39 is 16.1 Å². The van der Waals surface area contributed by atoms with Crippen molar-refractivity contribution in [2.45, 2.75) is 52.2 Å². The van der Waals surface area contributed by atoms with E-state index in [4.69, 9.17) is 0 Å². The van der Waals surface area contributed by atoms with Crippen LogP contribution < -0.4 is 0 Å². The molecular formula is C11H23NO3S. The average molecular weight is 249 g/mol. The van der Waals surface area contributed by atoms with Gasteiger partial charge in [0.1, 0.15) is 0 Å². The van der Waals surface area contributed by atoms with Crippen LogP contribution in [-0.2, 0) is 10.0 Å². The maximum Gasteiger partial charge on any atom is 0.214 e. The Bertz CT molecular complexity index is 311. The highest BCUT2D eigenvalue weighted by Crippen LogP contribution is 2.25. The van der Waals surface area contributed by atoms with Crippen molar-refractivity contribution < 1.29 is 13.5 Å². The quantitative estimate of drug-likeness (QED) is 0.796. The van der Waals surface area contributed by atoms with Gasteiger partial charge in [0, 0.05) is 12.6 Å². The first-order valence-electron chi connectivity index (χ1n) is 6.00. The van der Waals surface area contributed by atoms with E-state index in [0.29, 0.717) is 13.0 Å². The maximum absolute atomic E-state index is 12.1. The van der Waals surface area contributed by atoms with Crippen molar-refractivity contribution in [3.63, 3.8) is 0 Å².